The second-order valence-corrected chi connectivity index (χ2v) is 9.52. The van der Waals surface area contributed by atoms with Gasteiger partial charge in [-0.25, -0.2) is 13.6 Å². The number of anilines is 2. The fraction of sp³-hybridized carbons (Fsp3) is 0.0690. The van der Waals surface area contributed by atoms with Gasteiger partial charge in [-0.2, -0.15) is 0 Å². The normalized spacial score (nSPS) is 16.4. The fourth-order valence-corrected chi connectivity index (χ4v) is 5.53. The zero-order chi connectivity index (χ0) is 26.3. The van der Waals surface area contributed by atoms with Crippen LogP contribution in [-0.4, -0.2) is 6.03 Å². The van der Waals surface area contributed by atoms with E-state index in [-0.39, 0.29) is 11.4 Å². The number of amides is 2. The number of primary amides is 1. The lowest BCUT2D eigenvalue weighted by Crippen LogP contribution is -2.48. The minimum Gasteiger partial charge on any atom is -0.360 e. The predicted octanol–water partition coefficient (Wildman–Crippen LogP) is 7.77. The number of halogens is 4. The largest absolute Gasteiger partial charge is 0.360 e. The number of carbonyl (C=O) groups is 1. The highest BCUT2D eigenvalue weighted by atomic mass is 35.5. The number of nitrogens with zero attached hydrogens (tertiary/aromatic N) is 1. The van der Waals surface area contributed by atoms with Crippen molar-refractivity contribution in [3.8, 4) is 0 Å². The number of rotatable bonds is 4. The zero-order valence-corrected chi connectivity index (χ0v) is 21.1. The van der Waals surface area contributed by atoms with Crippen LogP contribution in [0.1, 0.15) is 22.3 Å². The summed E-state index contributed by atoms with van der Waals surface area (Å²) in [6.07, 6.45) is 1.60. The highest BCUT2D eigenvalue weighted by Gasteiger charge is 2.49. The molecule has 1 unspecified atom stereocenters. The maximum absolute atomic E-state index is 15.2. The minimum absolute atomic E-state index is 0.211. The molecule has 0 aromatic heterocycles. The molecule has 0 bridgehead atoms. The van der Waals surface area contributed by atoms with Crippen LogP contribution in [0.3, 0.4) is 0 Å². The summed E-state index contributed by atoms with van der Waals surface area (Å²) in [6, 6.07) is 22.2. The molecule has 0 spiro atoms. The smallest absolute Gasteiger partial charge is 0.323 e. The van der Waals surface area contributed by atoms with Crippen LogP contribution in [0.15, 0.2) is 96.8 Å². The summed E-state index contributed by atoms with van der Waals surface area (Å²) >= 11 is 13.4. The third kappa shape index (κ3) is 4.02. The van der Waals surface area contributed by atoms with Gasteiger partial charge in [-0.05, 0) is 65.6 Å². The van der Waals surface area contributed by atoms with Gasteiger partial charge in [-0.15, -0.1) is 0 Å². The van der Waals surface area contributed by atoms with E-state index >= 15 is 4.39 Å². The molecule has 0 saturated heterocycles. The summed E-state index contributed by atoms with van der Waals surface area (Å²) < 4.78 is 29.1. The van der Waals surface area contributed by atoms with E-state index in [2.05, 4.69) is 5.32 Å². The molecule has 37 heavy (non-hydrogen) atoms. The summed E-state index contributed by atoms with van der Waals surface area (Å²) in [5, 5.41) is 4.06. The Labute approximate surface area is 222 Å². The molecule has 0 fully saturated rings. The Hall–Kier alpha value is -3.87. The van der Waals surface area contributed by atoms with Crippen molar-refractivity contribution in [2.45, 2.75) is 12.3 Å². The van der Waals surface area contributed by atoms with Crippen LogP contribution in [0, 0.1) is 18.6 Å². The van der Waals surface area contributed by atoms with E-state index < -0.39 is 23.1 Å². The lowest BCUT2D eigenvalue weighted by molar-refractivity contribution is 0.254. The van der Waals surface area contributed by atoms with E-state index in [1.165, 1.54) is 6.07 Å². The average molecular weight is 536 g/mol. The number of hydrogen-bond donors (Lipinski definition) is 2. The highest BCUT2D eigenvalue weighted by Crippen LogP contribution is 2.54. The van der Waals surface area contributed by atoms with Gasteiger partial charge in [0.15, 0.2) is 0 Å². The third-order valence-corrected chi connectivity index (χ3v) is 7.14. The van der Waals surface area contributed by atoms with Crippen LogP contribution < -0.4 is 16.0 Å². The number of fused-ring (bicyclic) bond motifs is 1. The number of aryl methyl sites for hydroxylation is 1. The van der Waals surface area contributed by atoms with Gasteiger partial charge >= 0.3 is 6.03 Å². The monoisotopic (exact) mass is 535 g/mol. The summed E-state index contributed by atoms with van der Waals surface area (Å²) in [5.41, 5.74) is 8.35. The van der Waals surface area contributed by atoms with Crippen LogP contribution in [-0.2, 0) is 5.41 Å². The van der Waals surface area contributed by atoms with Gasteiger partial charge in [0, 0.05) is 28.0 Å². The Morgan fingerprint density at radius 1 is 0.892 bits per heavy atom. The Morgan fingerprint density at radius 2 is 1.59 bits per heavy atom. The number of urea groups is 1. The van der Waals surface area contributed by atoms with Crippen molar-refractivity contribution in [3.63, 3.8) is 0 Å². The number of nitrogens with one attached hydrogen (secondary N) is 1. The van der Waals surface area contributed by atoms with E-state index in [9.17, 15) is 9.18 Å². The van der Waals surface area contributed by atoms with E-state index in [0.29, 0.717) is 32.9 Å². The Balaban J connectivity index is 1.97. The Bertz CT molecular complexity index is 1530. The molecule has 3 N–H and O–H groups in total. The molecule has 4 aromatic carbocycles. The minimum atomic E-state index is -1.27. The molecule has 1 aliphatic rings. The van der Waals surface area contributed by atoms with Crippen LogP contribution in [0.25, 0.3) is 0 Å². The molecule has 0 saturated carbocycles. The molecular formula is C29H21Cl2F2N3O. The van der Waals surface area contributed by atoms with Gasteiger partial charge in [-0.3, -0.25) is 4.90 Å². The topological polar surface area (TPSA) is 58.4 Å². The van der Waals surface area contributed by atoms with Gasteiger partial charge in [0.1, 0.15) is 11.6 Å². The van der Waals surface area contributed by atoms with Gasteiger partial charge in [-0.1, -0.05) is 65.7 Å². The second kappa shape index (κ2) is 9.54. The molecule has 186 valence electrons. The number of carbonyl (C=O) groups excluding carboxylic acids is 1. The molecule has 0 radical (unpaired) electrons. The molecule has 2 amide bonds. The number of hydrogen-bond acceptors (Lipinski definition) is 2. The summed E-state index contributed by atoms with van der Waals surface area (Å²) in [5.74, 6) is -1.73. The Morgan fingerprint density at radius 3 is 2.27 bits per heavy atom. The first-order valence-corrected chi connectivity index (χ1v) is 12.1. The van der Waals surface area contributed by atoms with Crippen molar-refractivity contribution in [1.82, 2.24) is 0 Å². The Kier molecular flexibility index (Phi) is 6.40. The van der Waals surface area contributed by atoms with Gasteiger partial charge < -0.3 is 11.1 Å². The van der Waals surface area contributed by atoms with Crippen LogP contribution in [0.4, 0.5) is 25.0 Å². The zero-order valence-electron chi connectivity index (χ0n) is 19.6. The van der Waals surface area contributed by atoms with Crippen molar-refractivity contribution >= 4 is 40.6 Å². The van der Waals surface area contributed by atoms with Gasteiger partial charge in [0.05, 0.1) is 16.8 Å². The SMILES string of the molecule is Cc1ccccc1C1(c2ccccc2Cl)C(N(C(N)=O)c2ccc(F)cc2F)=CNc2ccc(Cl)cc21. The lowest BCUT2D eigenvalue weighted by Gasteiger charge is -2.46. The van der Waals surface area contributed by atoms with E-state index in [1.807, 2.05) is 49.4 Å². The summed E-state index contributed by atoms with van der Waals surface area (Å²) in [6.45, 7) is 1.94. The first-order chi connectivity index (χ1) is 17.7. The van der Waals surface area contributed by atoms with E-state index in [0.717, 1.165) is 22.1 Å². The molecule has 0 aliphatic carbocycles. The molecule has 5 rings (SSSR count). The standard InChI is InChI=1S/C29H21Cl2F2N3O/c1-17-6-2-3-7-20(17)29(21-8-4-5-9-23(21)31)22-14-18(30)10-12-25(22)35-16-27(29)36(28(34)37)26-13-11-19(32)15-24(26)33/h2-16,35H,1H3,(H2,34,37). The van der Waals surface area contributed by atoms with Crippen LogP contribution in [0.2, 0.25) is 10.0 Å². The number of benzene rings is 4. The van der Waals surface area contributed by atoms with Crippen molar-refractivity contribution in [2.75, 3.05) is 10.2 Å². The van der Waals surface area contributed by atoms with Crippen molar-refractivity contribution < 1.29 is 13.6 Å². The summed E-state index contributed by atoms with van der Waals surface area (Å²) in [4.78, 5) is 14.1. The summed E-state index contributed by atoms with van der Waals surface area (Å²) in [7, 11) is 0. The molecule has 4 nitrogen and oxygen atoms in total. The van der Waals surface area contributed by atoms with Crippen LogP contribution in [0.5, 0.6) is 0 Å². The van der Waals surface area contributed by atoms with Crippen LogP contribution >= 0.6 is 23.2 Å². The maximum Gasteiger partial charge on any atom is 0.323 e. The van der Waals surface area contributed by atoms with Gasteiger partial charge in [0.2, 0.25) is 0 Å². The highest BCUT2D eigenvalue weighted by molar-refractivity contribution is 6.32. The second-order valence-electron chi connectivity index (χ2n) is 8.68. The van der Waals surface area contributed by atoms with Crippen molar-refractivity contribution in [3.05, 3.63) is 141 Å². The fourth-order valence-electron chi connectivity index (χ4n) is 5.08. The number of allylic oxidation sites excluding steroid dienone is 1. The lowest BCUT2D eigenvalue weighted by atomic mass is 9.64. The molecule has 8 heteroatoms. The average Bonchev–Trinajstić information content (AvgIpc) is 2.86. The molecular weight excluding hydrogens is 515 g/mol. The van der Waals surface area contributed by atoms with Crippen molar-refractivity contribution in [2.24, 2.45) is 5.73 Å². The first-order valence-electron chi connectivity index (χ1n) is 11.4. The van der Waals surface area contributed by atoms with E-state index in [1.54, 1.807) is 30.5 Å². The molecule has 4 aromatic rings. The predicted molar refractivity (Wildman–Crippen MR) is 144 cm³/mol. The molecule has 1 heterocycles. The van der Waals surface area contributed by atoms with Crippen molar-refractivity contribution in [1.29, 1.82) is 0 Å². The van der Waals surface area contributed by atoms with E-state index in [4.69, 9.17) is 28.9 Å². The quantitative estimate of drug-likeness (QED) is 0.280. The van der Waals surface area contributed by atoms with Gasteiger partial charge in [0.25, 0.3) is 0 Å². The molecule has 1 aliphatic heterocycles. The maximum atomic E-state index is 15.2. The molecule has 1 atom stereocenters. The first kappa shape index (κ1) is 24.8. The third-order valence-electron chi connectivity index (χ3n) is 6.57. The number of nitrogens with two attached hydrogens (primary N) is 1.